The van der Waals surface area contributed by atoms with Gasteiger partial charge >= 0.3 is 0 Å². The van der Waals surface area contributed by atoms with Gasteiger partial charge in [-0.05, 0) is 43.9 Å². The molecule has 2 unspecified atom stereocenters. The molecule has 1 N–H and O–H groups in total. The zero-order valence-corrected chi connectivity index (χ0v) is 11.9. The average molecular weight is 273 g/mol. The van der Waals surface area contributed by atoms with Crippen LogP contribution < -0.4 is 5.32 Å². The topological polar surface area (TPSA) is 24.5 Å². The Balaban J connectivity index is 0.000001000. The largest absolute Gasteiger partial charge is 0.379 e. The summed E-state index contributed by atoms with van der Waals surface area (Å²) in [5.41, 5.74) is 0.736. The Bertz CT molecular complexity index is 286. The van der Waals surface area contributed by atoms with Crippen molar-refractivity contribution in [2.75, 3.05) is 26.3 Å². The summed E-state index contributed by atoms with van der Waals surface area (Å²) in [4.78, 5) is 2.68. The van der Waals surface area contributed by atoms with Gasteiger partial charge in [-0.15, -0.1) is 12.4 Å². The molecule has 0 aromatic heterocycles. The number of rotatable bonds is 1. The van der Waals surface area contributed by atoms with Gasteiger partial charge in [0.1, 0.15) is 0 Å². The fourth-order valence-electron chi connectivity index (χ4n) is 4.83. The van der Waals surface area contributed by atoms with Crippen molar-refractivity contribution in [3.05, 3.63) is 0 Å². The van der Waals surface area contributed by atoms with Gasteiger partial charge in [0.25, 0.3) is 0 Å². The molecular weight excluding hydrogens is 248 g/mol. The van der Waals surface area contributed by atoms with Gasteiger partial charge in [0.2, 0.25) is 0 Å². The van der Waals surface area contributed by atoms with E-state index in [1.807, 2.05) is 0 Å². The van der Waals surface area contributed by atoms with Gasteiger partial charge in [0.05, 0.1) is 13.2 Å². The van der Waals surface area contributed by atoms with Gasteiger partial charge in [-0.1, -0.05) is 0 Å². The molecule has 4 fully saturated rings. The summed E-state index contributed by atoms with van der Waals surface area (Å²) in [7, 11) is 0. The van der Waals surface area contributed by atoms with E-state index in [0.29, 0.717) is 0 Å². The number of hydrogen-bond acceptors (Lipinski definition) is 3. The smallest absolute Gasteiger partial charge is 0.0594 e. The molecular formula is C14H25ClN2O. The number of morpholine rings is 1. The first kappa shape index (κ1) is 13.2. The van der Waals surface area contributed by atoms with Crippen molar-refractivity contribution < 1.29 is 4.74 Å². The molecule has 0 aromatic rings. The number of piperidine rings is 1. The summed E-state index contributed by atoms with van der Waals surface area (Å²) < 4.78 is 5.45. The molecule has 4 aliphatic rings. The van der Waals surface area contributed by atoms with Gasteiger partial charge in [-0.25, -0.2) is 0 Å². The van der Waals surface area contributed by atoms with Crippen LogP contribution in [0, 0.1) is 5.41 Å². The Kier molecular flexibility index (Phi) is 3.61. The summed E-state index contributed by atoms with van der Waals surface area (Å²) in [6.07, 6.45) is 8.75. The maximum absolute atomic E-state index is 5.45. The van der Waals surface area contributed by atoms with Gasteiger partial charge in [0.15, 0.2) is 0 Å². The van der Waals surface area contributed by atoms with Crippen molar-refractivity contribution in [3.8, 4) is 0 Å². The molecule has 18 heavy (non-hydrogen) atoms. The highest BCUT2D eigenvalue weighted by Gasteiger charge is 2.52. The van der Waals surface area contributed by atoms with Gasteiger partial charge in [-0.3, -0.25) is 4.90 Å². The molecule has 4 heteroatoms. The summed E-state index contributed by atoms with van der Waals surface area (Å²) >= 11 is 0. The zero-order chi connectivity index (χ0) is 11.3. The van der Waals surface area contributed by atoms with E-state index in [1.54, 1.807) is 0 Å². The normalized spacial score (nSPS) is 47.7. The molecule has 3 aliphatic heterocycles. The van der Waals surface area contributed by atoms with E-state index < -0.39 is 0 Å². The number of hydrogen-bond donors (Lipinski definition) is 1. The summed E-state index contributed by atoms with van der Waals surface area (Å²) in [5, 5.41) is 3.77. The van der Waals surface area contributed by atoms with E-state index in [4.69, 9.17) is 4.74 Å². The predicted octanol–water partition coefficient (Wildman–Crippen LogP) is 1.80. The minimum atomic E-state index is 0. The number of nitrogens with one attached hydrogen (secondary N) is 1. The summed E-state index contributed by atoms with van der Waals surface area (Å²) in [6, 6.07) is 2.61. The molecule has 3 saturated heterocycles. The second-order valence-corrected chi connectivity index (χ2v) is 6.76. The molecule has 0 amide bonds. The fourth-order valence-corrected chi connectivity index (χ4v) is 4.83. The lowest BCUT2D eigenvalue weighted by Crippen LogP contribution is -2.58. The standard InChI is InChI=1S/C14H24N2O.ClH/c1-2-12-8-14(7-11(1)15-12)9-13(10-14)16-3-5-17-6-4-16;/h11-13,15H,1-10H2;1H. The molecule has 3 nitrogen and oxygen atoms in total. The Morgan fingerprint density at radius 2 is 1.56 bits per heavy atom. The van der Waals surface area contributed by atoms with E-state index in [0.717, 1.165) is 36.8 Å². The van der Waals surface area contributed by atoms with Crippen molar-refractivity contribution in [1.82, 2.24) is 10.2 Å². The van der Waals surface area contributed by atoms with E-state index >= 15 is 0 Å². The second-order valence-electron chi connectivity index (χ2n) is 6.76. The lowest BCUT2D eigenvalue weighted by molar-refractivity contribution is -0.0681. The highest BCUT2D eigenvalue weighted by atomic mass is 35.5. The van der Waals surface area contributed by atoms with E-state index in [-0.39, 0.29) is 12.4 Å². The van der Waals surface area contributed by atoms with Crippen LogP contribution in [0.15, 0.2) is 0 Å². The quantitative estimate of drug-likeness (QED) is 0.788. The molecule has 3 heterocycles. The highest BCUT2D eigenvalue weighted by molar-refractivity contribution is 5.85. The van der Waals surface area contributed by atoms with Crippen molar-refractivity contribution in [2.45, 2.75) is 56.7 Å². The minimum absolute atomic E-state index is 0. The predicted molar refractivity (Wildman–Crippen MR) is 74.3 cm³/mol. The maximum Gasteiger partial charge on any atom is 0.0594 e. The lowest BCUT2D eigenvalue weighted by atomic mass is 9.58. The van der Waals surface area contributed by atoms with Crippen LogP contribution in [0.3, 0.4) is 0 Å². The van der Waals surface area contributed by atoms with Gasteiger partial charge in [0, 0.05) is 31.2 Å². The molecule has 1 spiro atoms. The molecule has 4 rings (SSSR count). The third-order valence-electron chi connectivity index (χ3n) is 5.59. The number of fused-ring (bicyclic) bond motifs is 2. The van der Waals surface area contributed by atoms with Crippen molar-refractivity contribution in [3.63, 3.8) is 0 Å². The molecule has 1 saturated carbocycles. The number of ether oxygens (including phenoxy) is 1. The third kappa shape index (κ3) is 2.20. The van der Waals surface area contributed by atoms with Gasteiger partial charge in [-0.2, -0.15) is 0 Å². The third-order valence-corrected chi connectivity index (χ3v) is 5.59. The van der Waals surface area contributed by atoms with E-state index in [9.17, 15) is 0 Å². The number of nitrogens with zero attached hydrogens (tertiary/aromatic N) is 1. The Morgan fingerprint density at radius 3 is 2.17 bits per heavy atom. The van der Waals surface area contributed by atoms with Crippen LogP contribution in [0.2, 0.25) is 0 Å². The minimum Gasteiger partial charge on any atom is -0.379 e. The Labute approximate surface area is 116 Å². The average Bonchev–Trinajstić information content (AvgIpc) is 2.67. The van der Waals surface area contributed by atoms with E-state index in [1.165, 1.54) is 51.6 Å². The summed E-state index contributed by atoms with van der Waals surface area (Å²) in [6.45, 7) is 4.25. The monoisotopic (exact) mass is 272 g/mol. The van der Waals surface area contributed by atoms with Crippen molar-refractivity contribution in [1.29, 1.82) is 0 Å². The first-order chi connectivity index (χ1) is 8.33. The first-order valence-electron chi connectivity index (χ1n) is 7.41. The zero-order valence-electron chi connectivity index (χ0n) is 11.1. The SMILES string of the molecule is C1CN(C2CC3(CC4CCC(C3)N4)C2)CCO1.Cl. The summed E-state index contributed by atoms with van der Waals surface area (Å²) in [5.74, 6) is 0. The Hall–Kier alpha value is 0.170. The van der Waals surface area contributed by atoms with Crippen LogP contribution in [0.4, 0.5) is 0 Å². The van der Waals surface area contributed by atoms with Crippen molar-refractivity contribution >= 4 is 12.4 Å². The molecule has 0 radical (unpaired) electrons. The van der Waals surface area contributed by atoms with Crippen LogP contribution in [0.1, 0.15) is 38.5 Å². The van der Waals surface area contributed by atoms with Crippen LogP contribution in [-0.2, 0) is 4.74 Å². The Morgan fingerprint density at radius 1 is 0.944 bits per heavy atom. The molecule has 0 aromatic carbocycles. The molecule has 104 valence electrons. The molecule has 1 aliphatic carbocycles. The molecule has 2 bridgehead atoms. The van der Waals surface area contributed by atoms with E-state index in [2.05, 4.69) is 10.2 Å². The van der Waals surface area contributed by atoms with Gasteiger partial charge < -0.3 is 10.1 Å². The van der Waals surface area contributed by atoms with Crippen LogP contribution in [0.5, 0.6) is 0 Å². The van der Waals surface area contributed by atoms with Crippen LogP contribution >= 0.6 is 12.4 Å². The fraction of sp³-hybridized carbons (Fsp3) is 1.00. The molecule has 2 atom stereocenters. The van der Waals surface area contributed by atoms with Crippen LogP contribution in [0.25, 0.3) is 0 Å². The van der Waals surface area contributed by atoms with Crippen molar-refractivity contribution in [2.24, 2.45) is 5.41 Å². The second kappa shape index (κ2) is 4.93. The maximum atomic E-state index is 5.45. The number of halogens is 1. The van der Waals surface area contributed by atoms with Crippen LogP contribution in [-0.4, -0.2) is 49.3 Å². The highest BCUT2D eigenvalue weighted by Crippen LogP contribution is 2.54. The first-order valence-corrected chi connectivity index (χ1v) is 7.41. The lowest BCUT2D eigenvalue weighted by Gasteiger charge is -2.56.